The maximum absolute atomic E-state index is 9.75. The molecule has 104 valence electrons. The Hall–Kier alpha value is -0.120. The van der Waals surface area contributed by atoms with Crippen LogP contribution in [0.15, 0.2) is 0 Å². The molecule has 0 fully saturated rings. The fourth-order valence-electron chi connectivity index (χ4n) is 1.43. The largest absolute Gasteiger partial charge is 0.389 e. The van der Waals surface area contributed by atoms with Crippen LogP contribution in [0, 0.1) is 5.92 Å². The molecule has 17 heavy (non-hydrogen) atoms. The summed E-state index contributed by atoms with van der Waals surface area (Å²) in [4.78, 5) is 0. The lowest BCUT2D eigenvalue weighted by molar-refractivity contribution is -0.0483. The van der Waals surface area contributed by atoms with Crippen LogP contribution in [0.5, 0.6) is 0 Å². The van der Waals surface area contributed by atoms with Gasteiger partial charge in [-0.25, -0.2) is 0 Å². The van der Waals surface area contributed by atoms with Crippen molar-refractivity contribution in [1.29, 1.82) is 0 Å². The maximum Gasteiger partial charge on any atom is 0.0898 e. The van der Waals surface area contributed by atoms with Gasteiger partial charge in [-0.3, -0.25) is 0 Å². The van der Waals surface area contributed by atoms with Gasteiger partial charge in [0.15, 0.2) is 0 Å². The van der Waals surface area contributed by atoms with Gasteiger partial charge in [-0.2, -0.15) is 0 Å². The molecular weight excluding hydrogens is 214 g/mol. The Morgan fingerprint density at radius 3 is 2.18 bits per heavy atom. The lowest BCUT2D eigenvalue weighted by Gasteiger charge is -2.23. The Labute approximate surface area is 107 Å². The van der Waals surface area contributed by atoms with Gasteiger partial charge in [0.05, 0.1) is 18.3 Å². The summed E-state index contributed by atoms with van der Waals surface area (Å²) in [6.07, 6.45) is 1.96. The van der Waals surface area contributed by atoms with Gasteiger partial charge < -0.3 is 15.2 Å². The first kappa shape index (κ1) is 16.9. The Balaban J connectivity index is 3.58. The van der Waals surface area contributed by atoms with Gasteiger partial charge in [-0.05, 0) is 46.5 Å². The minimum absolute atomic E-state index is 0.176. The first-order chi connectivity index (χ1) is 7.70. The zero-order valence-corrected chi connectivity index (χ0v) is 12.4. The second kappa shape index (κ2) is 8.06. The monoisotopic (exact) mass is 245 g/mol. The topological polar surface area (TPSA) is 41.5 Å². The highest BCUT2D eigenvalue weighted by molar-refractivity contribution is 4.67. The van der Waals surface area contributed by atoms with Gasteiger partial charge >= 0.3 is 0 Å². The highest BCUT2D eigenvalue weighted by Crippen LogP contribution is 2.08. The normalized spacial score (nSPS) is 16.2. The van der Waals surface area contributed by atoms with E-state index in [0.29, 0.717) is 19.2 Å². The van der Waals surface area contributed by atoms with Crippen molar-refractivity contribution in [2.75, 3.05) is 13.2 Å². The number of hydrogen-bond donors (Lipinski definition) is 2. The Morgan fingerprint density at radius 2 is 1.71 bits per heavy atom. The third-order valence-corrected chi connectivity index (χ3v) is 2.59. The van der Waals surface area contributed by atoms with Crippen molar-refractivity contribution in [2.45, 2.75) is 72.1 Å². The molecule has 2 atom stereocenters. The highest BCUT2D eigenvalue weighted by atomic mass is 16.5. The molecule has 0 saturated heterocycles. The average Bonchev–Trinajstić information content (AvgIpc) is 2.19. The summed E-state index contributed by atoms with van der Waals surface area (Å²) in [6, 6.07) is 0.460. The van der Waals surface area contributed by atoms with E-state index >= 15 is 0 Å². The van der Waals surface area contributed by atoms with Gasteiger partial charge in [0.2, 0.25) is 0 Å². The van der Waals surface area contributed by atoms with E-state index in [-0.39, 0.29) is 5.60 Å². The molecular formula is C14H31NO2. The fourth-order valence-corrected chi connectivity index (χ4v) is 1.43. The number of aliphatic hydroxyl groups is 1. The Morgan fingerprint density at radius 1 is 1.12 bits per heavy atom. The predicted octanol–water partition coefficient (Wildman–Crippen LogP) is 2.58. The van der Waals surface area contributed by atoms with Gasteiger partial charge in [-0.15, -0.1) is 0 Å². The lowest BCUT2D eigenvalue weighted by Crippen LogP contribution is -2.37. The van der Waals surface area contributed by atoms with E-state index in [4.69, 9.17) is 4.74 Å². The van der Waals surface area contributed by atoms with Crippen LogP contribution in [0.3, 0.4) is 0 Å². The molecule has 0 aliphatic carbocycles. The summed E-state index contributed by atoms with van der Waals surface area (Å²) in [6.45, 7) is 13.6. The summed E-state index contributed by atoms with van der Waals surface area (Å²) >= 11 is 0. The number of aliphatic hydroxyl groups excluding tert-OH is 1. The Bertz CT molecular complexity index is 187. The molecule has 0 aliphatic heterocycles. The van der Waals surface area contributed by atoms with Crippen molar-refractivity contribution in [3.05, 3.63) is 0 Å². The van der Waals surface area contributed by atoms with E-state index in [1.165, 1.54) is 6.42 Å². The van der Waals surface area contributed by atoms with Crippen molar-refractivity contribution < 1.29 is 9.84 Å². The minimum Gasteiger partial charge on any atom is -0.389 e. The third-order valence-electron chi connectivity index (χ3n) is 2.59. The molecule has 0 saturated carbocycles. The minimum atomic E-state index is -0.421. The van der Waals surface area contributed by atoms with Crippen molar-refractivity contribution in [1.82, 2.24) is 5.32 Å². The van der Waals surface area contributed by atoms with E-state index in [1.807, 2.05) is 20.8 Å². The fraction of sp³-hybridized carbons (Fsp3) is 1.00. The summed E-state index contributed by atoms with van der Waals surface area (Å²) in [5.41, 5.74) is -0.176. The molecule has 0 aliphatic rings. The maximum atomic E-state index is 9.75. The molecule has 0 rings (SSSR count). The molecule has 0 radical (unpaired) electrons. The van der Waals surface area contributed by atoms with E-state index < -0.39 is 6.10 Å². The van der Waals surface area contributed by atoms with Crippen LogP contribution in [-0.2, 0) is 4.74 Å². The second-order valence-electron chi connectivity index (χ2n) is 6.36. The van der Waals surface area contributed by atoms with E-state index in [9.17, 15) is 5.11 Å². The molecule has 0 spiro atoms. The third kappa shape index (κ3) is 12.1. The standard InChI is InChI=1S/C14H31NO2/c1-11(2)7-8-12(3)15-9-13(16)10-17-14(4,5)6/h11-13,15-16H,7-10H2,1-6H3/t12-,13-/m0/s1. The molecule has 0 amide bonds. The molecule has 3 heteroatoms. The van der Waals surface area contributed by atoms with E-state index in [0.717, 1.165) is 12.3 Å². The first-order valence-electron chi connectivity index (χ1n) is 6.76. The van der Waals surface area contributed by atoms with Gasteiger partial charge in [-0.1, -0.05) is 13.8 Å². The summed E-state index contributed by atoms with van der Waals surface area (Å²) < 4.78 is 5.53. The molecule has 0 unspecified atom stereocenters. The van der Waals surface area contributed by atoms with Crippen molar-refractivity contribution in [3.63, 3.8) is 0 Å². The van der Waals surface area contributed by atoms with Crippen LogP contribution in [0.25, 0.3) is 0 Å². The quantitative estimate of drug-likeness (QED) is 0.690. The summed E-state index contributed by atoms with van der Waals surface area (Å²) in [7, 11) is 0. The lowest BCUT2D eigenvalue weighted by atomic mass is 10.0. The van der Waals surface area contributed by atoms with Gasteiger partial charge in [0.1, 0.15) is 0 Å². The number of nitrogens with one attached hydrogen (secondary N) is 1. The molecule has 0 bridgehead atoms. The zero-order chi connectivity index (χ0) is 13.5. The van der Waals surface area contributed by atoms with Crippen LogP contribution < -0.4 is 5.32 Å². The summed E-state index contributed by atoms with van der Waals surface area (Å²) in [5.74, 6) is 0.744. The molecule has 0 heterocycles. The smallest absolute Gasteiger partial charge is 0.0898 e. The van der Waals surface area contributed by atoms with Crippen LogP contribution in [0.2, 0.25) is 0 Å². The SMILES string of the molecule is CC(C)CC[C@H](C)NC[C@H](O)COC(C)(C)C. The molecule has 0 aromatic carbocycles. The van der Waals surface area contributed by atoms with Crippen LogP contribution in [-0.4, -0.2) is 36.0 Å². The predicted molar refractivity (Wildman–Crippen MR) is 73.2 cm³/mol. The highest BCUT2D eigenvalue weighted by Gasteiger charge is 2.14. The molecule has 3 nitrogen and oxygen atoms in total. The van der Waals surface area contributed by atoms with Crippen LogP contribution >= 0.6 is 0 Å². The Kier molecular flexibility index (Phi) is 8.01. The van der Waals surface area contributed by atoms with Crippen LogP contribution in [0.1, 0.15) is 54.4 Å². The zero-order valence-electron chi connectivity index (χ0n) is 12.4. The second-order valence-corrected chi connectivity index (χ2v) is 6.36. The van der Waals surface area contributed by atoms with Crippen LogP contribution in [0.4, 0.5) is 0 Å². The number of ether oxygens (including phenoxy) is 1. The molecule has 0 aromatic rings. The van der Waals surface area contributed by atoms with Gasteiger partial charge in [0.25, 0.3) is 0 Å². The first-order valence-corrected chi connectivity index (χ1v) is 6.76. The molecule has 0 aromatic heterocycles. The summed E-state index contributed by atoms with van der Waals surface area (Å²) in [5, 5.41) is 13.1. The number of rotatable bonds is 8. The van der Waals surface area contributed by atoms with E-state index in [1.54, 1.807) is 0 Å². The molecule has 2 N–H and O–H groups in total. The average molecular weight is 245 g/mol. The van der Waals surface area contributed by atoms with Crippen molar-refractivity contribution in [3.8, 4) is 0 Å². The number of hydrogen-bond acceptors (Lipinski definition) is 3. The van der Waals surface area contributed by atoms with Gasteiger partial charge in [0, 0.05) is 12.6 Å². The van der Waals surface area contributed by atoms with Crippen molar-refractivity contribution in [2.24, 2.45) is 5.92 Å². The van der Waals surface area contributed by atoms with E-state index in [2.05, 4.69) is 26.1 Å². The van der Waals surface area contributed by atoms with Crippen molar-refractivity contribution >= 4 is 0 Å².